The molecule has 0 aliphatic heterocycles. The number of carbonyl (C=O) groups excluding carboxylic acids is 1. The zero-order valence-electron chi connectivity index (χ0n) is 10.8. The van der Waals surface area contributed by atoms with Gasteiger partial charge in [0.15, 0.2) is 0 Å². The molecule has 0 amide bonds. The van der Waals surface area contributed by atoms with Gasteiger partial charge in [-0.15, -0.1) is 0 Å². The van der Waals surface area contributed by atoms with Crippen molar-refractivity contribution in [2.45, 2.75) is 37.8 Å². The van der Waals surface area contributed by atoms with Crippen LogP contribution in [0, 0.1) is 0 Å². The largest absolute Gasteiger partial charge is 0.508 e. The summed E-state index contributed by atoms with van der Waals surface area (Å²) in [6, 6.07) is 7.11. The maximum atomic E-state index is 12.2. The lowest BCUT2D eigenvalue weighted by Gasteiger charge is -2.31. The highest BCUT2D eigenvalue weighted by atomic mass is 16.5. The van der Waals surface area contributed by atoms with Gasteiger partial charge in [-0.05, 0) is 37.0 Å². The highest BCUT2D eigenvalue weighted by Crippen LogP contribution is 2.33. The summed E-state index contributed by atoms with van der Waals surface area (Å²) < 4.78 is 4.96. The van der Waals surface area contributed by atoms with Crippen molar-refractivity contribution in [3.05, 3.63) is 29.8 Å². The van der Waals surface area contributed by atoms with E-state index in [2.05, 4.69) is 5.32 Å². The smallest absolute Gasteiger partial charge is 0.330 e. The first-order chi connectivity index (χ1) is 8.62. The van der Waals surface area contributed by atoms with Crippen molar-refractivity contribution in [1.29, 1.82) is 0 Å². The van der Waals surface area contributed by atoms with Gasteiger partial charge >= 0.3 is 5.97 Å². The predicted molar refractivity (Wildman–Crippen MR) is 68.2 cm³/mol. The molecule has 1 aliphatic carbocycles. The Morgan fingerprint density at radius 2 is 2.06 bits per heavy atom. The first kappa shape index (κ1) is 12.9. The van der Waals surface area contributed by atoms with E-state index in [0.29, 0.717) is 12.5 Å². The van der Waals surface area contributed by atoms with Crippen LogP contribution in [0.25, 0.3) is 0 Å². The molecule has 1 aliphatic rings. The van der Waals surface area contributed by atoms with Crippen molar-refractivity contribution in [2.24, 2.45) is 0 Å². The van der Waals surface area contributed by atoms with Gasteiger partial charge < -0.3 is 9.84 Å². The number of hydrogen-bond acceptors (Lipinski definition) is 4. The quantitative estimate of drug-likeness (QED) is 0.783. The summed E-state index contributed by atoms with van der Waals surface area (Å²) in [4.78, 5) is 12.2. The molecular weight excluding hydrogens is 230 g/mol. The van der Waals surface area contributed by atoms with Crippen LogP contribution in [-0.4, -0.2) is 24.2 Å². The predicted octanol–water partition coefficient (Wildman–Crippen LogP) is 1.92. The fourth-order valence-electron chi connectivity index (χ4n) is 2.21. The Labute approximate surface area is 107 Å². The molecule has 0 bridgehead atoms. The van der Waals surface area contributed by atoms with E-state index in [0.717, 1.165) is 18.4 Å². The van der Waals surface area contributed by atoms with Gasteiger partial charge in [0.1, 0.15) is 11.3 Å². The molecule has 1 fully saturated rings. The van der Waals surface area contributed by atoms with Gasteiger partial charge in [0.25, 0.3) is 0 Å². The molecule has 0 saturated heterocycles. The minimum atomic E-state index is -0.802. The third-order valence-electron chi connectivity index (χ3n) is 3.45. The molecule has 1 unspecified atom stereocenters. The average Bonchev–Trinajstić information content (AvgIpc) is 3.20. The zero-order chi connectivity index (χ0) is 13.2. The molecule has 1 atom stereocenters. The molecule has 0 heterocycles. The molecule has 2 rings (SSSR count). The molecule has 4 nitrogen and oxygen atoms in total. The highest BCUT2D eigenvalue weighted by molar-refractivity contribution is 5.82. The number of rotatable bonds is 5. The zero-order valence-corrected chi connectivity index (χ0v) is 10.8. The normalized spacial score (nSPS) is 18.1. The van der Waals surface area contributed by atoms with Crippen molar-refractivity contribution in [3.63, 3.8) is 0 Å². The molecule has 98 valence electrons. The lowest BCUT2D eigenvalue weighted by Crippen LogP contribution is -2.50. The van der Waals surface area contributed by atoms with Crippen LogP contribution in [0.3, 0.4) is 0 Å². The first-order valence-corrected chi connectivity index (χ1v) is 6.28. The second-order valence-corrected chi connectivity index (χ2v) is 4.72. The van der Waals surface area contributed by atoms with Gasteiger partial charge in [-0.25, -0.2) is 4.79 Å². The van der Waals surface area contributed by atoms with E-state index in [-0.39, 0.29) is 11.7 Å². The van der Waals surface area contributed by atoms with E-state index in [1.54, 1.807) is 24.3 Å². The van der Waals surface area contributed by atoms with Crippen molar-refractivity contribution < 1.29 is 14.6 Å². The molecule has 18 heavy (non-hydrogen) atoms. The van der Waals surface area contributed by atoms with Crippen molar-refractivity contribution in [3.8, 4) is 5.75 Å². The van der Waals surface area contributed by atoms with E-state index in [1.807, 2.05) is 6.92 Å². The Morgan fingerprint density at radius 1 is 1.44 bits per heavy atom. The summed E-state index contributed by atoms with van der Waals surface area (Å²) in [5.41, 5.74) is 0.0328. The third kappa shape index (κ3) is 2.34. The van der Waals surface area contributed by atoms with Gasteiger partial charge in [-0.2, -0.15) is 0 Å². The number of phenols is 1. The van der Waals surface area contributed by atoms with Crippen molar-refractivity contribution in [1.82, 2.24) is 5.32 Å². The molecule has 0 aromatic heterocycles. The third-order valence-corrected chi connectivity index (χ3v) is 3.45. The van der Waals surface area contributed by atoms with E-state index in [1.165, 1.54) is 7.11 Å². The Morgan fingerprint density at radius 3 is 2.50 bits per heavy atom. The Balaban J connectivity index is 2.37. The molecule has 1 saturated carbocycles. The monoisotopic (exact) mass is 249 g/mol. The second kappa shape index (κ2) is 4.98. The molecule has 2 N–H and O–H groups in total. The van der Waals surface area contributed by atoms with Crippen LogP contribution in [-0.2, 0) is 15.1 Å². The standard InChI is InChI=1S/C14H19NO3/c1-3-14(13(17)18-2,15-11-6-7-11)10-4-8-12(16)9-5-10/h4-5,8-9,11,15-16H,3,6-7H2,1-2H3. The maximum Gasteiger partial charge on any atom is 0.330 e. The van der Waals surface area contributed by atoms with Gasteiger partial charge in [-0.1, -0.05) is 19.1 Å². The fraction of sp³-hybridized carbons (Fsp3) is 0.500. The van der Waals surface area contributed by atoms with E-state index in [4.69, 9.17) is 4.74 Å². The Kier molecular flexibility index (Phi) is 3.57. The second-order valence-electron chi connectivity index (χ2n) is 4.72. The lowest BCUT2D eigenvalue weighted by molar-refractivity contribution is -0.149. The van der Waals surface area contributed by atoms with Gasteiger partial charge in [-0.3, -0.25) is 5.32 Å². The number of carbonyl (C=O) groups is 1. The van der Waals surface area contributed by atoms with Crippen LogP contribution in [0.1, 0.15) is 31.7 Å². The van der Waals surface area contributed by atoms with E-state index >= 15 is 0 Å². The minimum Gasteiger partial charge on any atom is -0.508 e. The average molecular weight is 249 g/mol. The molecule has 0 spiro atoms. The summed E-state index contributed by atoms with van der Waals surface area (Å²) in [6.07, 6.45) is 2.80. The molecule has 1 aromatic carbocycles. The fourth-order valence-corrected chi connectivity index (χ4v) is 2.21. The lowest BCUT2D eigenvalue weighted by atomic mass is 9.87. The topological polar surface area (TPSA) is 58.6 Å². The van der Waals surface area contributed by atoms with Crippen molar-refractivity contribution in [2.75, 3.05) is 7.11 Å². The Bertz CT molecular complexity index is 425. The molecule has 0 radical (unpaired) electrons. The number of phenolic OH excluding ortho intramolecular Hbond substituents is 1. The first-order valence-electron chi connectivity index (χ1n) is 6.28. The molecule has 4 heteroatoms. The van der Waals surface area contributed by atoms with Crippen LogP contribution in [0.5, 0.6) is 5.75 Å². The number of esters is 1. The van der Waals surface area contributed by atoms with Gasteiger partial charge in [0.05, 0.1) is 7.11 Å². The van der Waals surface area contributed by atoms with Gasteiger partial charge in [0.2, 0.25) is 0 Å². The van der Waals surface area contributed by atoms with E-state index in [9.17, 15) is 9.90 Å². The van der Waals surface area contributed by atoms with Crippen LogP contribution in [0.2, 0.25) is 0 Å². The van der Waals surface area contributed by atoms with Crippen LogP contribution < -0.4 is 5.32 Å². The molecular formula is C14H19NO3. The van der Waals surface area contributed by atoms with E-state index < -0.39 is 5.54 Å². The number of ether oxygens (including phenoxy) is 1. The summed E-state index contributed by atoms with van der Waals surface area (Å²) in [7, 11) is 1.40. The van der Waals surface area contributed by atoms with Crippen LogP contribution in [0.15, 0.2) is 24.3 Å². The molecule has 1 aromatic rings. The summed E-state index contributed by atoms with van der Waals surface area (Å²) in [5.74, 6) is -0.0809. The minimum absolute atomic E-state index is 0.194. The summed E-state index contributed by atoms with van der Waals surface area (Å²) in [6.45, 7) is 1.96. The number of hydrogen-bond donors (Lipinski definition) is 2. The highest BCUT2D eigenvalue weighted by Gasteiger charge is 2.43. The van der Waals surface area contributed by atoms with Gasteiger partial charge in [0, 0.05) is 6.04 Å². The van der Waals surface area contributed by atoms with Crippen LogP contribution >= 0.6 is 0 Å². The van der Waals surface area contributed by atoms with Crippen LogP contribution in [0.4, 0.5) is 0 Å². The number of benzene rings is 1. The Hall–Kier alpha value is -1.55. The number of methoxy groups -OCH3 is 1. The number of nitrogens with one attached hydrogen (secondary N) is 1. The summed E-state index contributed by atoms with van der Waals surface area (Å²) in [5, 5.41) is 12.7. The summed E-state index contributed by atoms with van der Waals surface area (Å²) >= 11 is 0. The maximum absolute atomic E-state index is 12.2. The SMILES string of the molecule is CCC(NC1CC1)(C(=O)OC)c1ccc(O)cc1. The van der Waals surface area contributed by atoms with Crippen molar-refractivity contribution >= 4 is 5.97 Å². The number of aromatic hydroxyl groups is 1.